The van der Waals surface area contributed by atoms with Gasteiger partial charge in [-0.05, 0) is 24.6 Å². The van der Waals surface area contributed by atoms with Crippen LogP contribution in [0.1, 0.15) is 13.3 Å². The van der Waals surface area contributed by atoms with Gasteiger partial charge in [-0.2, -0.15) is 0 Å². The van der Waals surface area contributed by atoms with E-state index in [1.54, 1.807) is 18.3 Å². The van der Waals surface area contributed by atoms with E-state index in [0.29, 0.717) is 17.5 Å². The molecule has 0 saturated heterocycles. The first-order valence-electron chi connectivity index (χ1n) is 5.18. The van der Waals surface area contributed by atoms with Crippen LogP contribution < -0.4 is 0 Å². The van der Waals surface area contributed by atoms with Crippen LogP contribution in [0.4, 0.5) is 0 Å². The zero-order chi connectivity index (χ0) is 12.5. The van der Waals surface area contributed by atoms with Crippen LogP contribution in [0.25, 0.3) is 11.0 Å². The van der Waals surface area contributed by atoms with Gasteiger partial charge < -0.3 is 0 Å². The molecule has 0 amide bonds. The van der Waals surface area contributed by atoms with Gasteiger partial charge in [0.1, 0.15) is 10.0 Å². The maximum atomic E-state index is 12.0. The van der Waals surface area contributed by atoms with E-state index < -0.39 is 9.84 Å². The van der Waals surface area contributed by atoms with E-state index in [1.807, 2.05) is 6.92 Å². The van der Waals surface area contributed by atoms with Crippen LogP contribution in [-0.2, 0) is 9.84 Å². The molecule has 17 heavy (non-hydrogen) atoms. The monoisotopic (exact) mass is 270 g/mol. The van der Waals surface area contributed by atoms with E-state index in [2.05, 4.69) is 9.97 Å². The smallest absolute Gasteiger partial charge is 0.181 e. The van der Waals surface area contributed by atoms with Crippen LogP contribution >= 0.6 is 11.6 Å². The summed E-state index contributed by atoms with van der Waals surface area (Å²) < 4.78 is 23.9. The number of aromatic nitrogens is 2. The molecule has 90 valence electrons. The second kappa shape index (κ2) is 4.58. The molecular formula is C11H11ClN2O2S. The fourth-order valence-corrected chi connectivity index (χ4v) is 3.41. The van der Waals surface area contributed by atoms with Crippen molar-refractivity contribution < 1.29 is 8.42 Å². The van der Waals surface area contributed by atoms with Gasteiger partial charge in [0.2, 0.25) is 0 Å². The highest BCUT2D eigenvalue weighted by Crippen LogP contribution is 2.24. The Bertz CT molecular complexity index is 656. The van der Waals surface area contributed by atoms with E-state index in [0.717, 1.165) is 0 Å². The van der Waals surface area contributed by atoms with E-state index in [1.165, 1.54) is 6.07 Å². The van der Waals surface area contributed by atoms with Crippen molar-refractivity contribution in [2.45, 2.75) is 18.2 Å². The number of halogens is 1. The third kappa shape index (κ3) is 2.40. The molecule has 2 aromatic rings. The van der Waals surface area contributed by atoms with Crippen molar-refractivity contribution in [3.8, 4) is 0 Å². The van der Waals surface area contributed by atoms with E-state index in [-0.39, 0.29) is 15.8 Å². The first kappa shape index (κ1) is 12.3. The van der Waals surface area contributed by atoms with Crippen molar-refractivity contribution in [1.29, 1.82) is 0 Å². The average Bonchev–Trinajstić information content (AvgIpc) is 2.27. The quantitative estimate of drug-likeness (QED) is 0.804. The molecule has 0 spiro atoms. The zero-order valence-corrected chi connectivity index (χ0v) is 10.8. The van der Waals surface area contributed by atoms with Crippen LogP contribution in [0.3, 0.4) is 0 Å². The molecule has 2 rings (SSSR count). The summed E-state index contributed by atoms with van der Waals surface area (Å²) in [6.07, 6.45) is 2.13. The van der Waals surface area contributed by atoms with Crippen molar-refractivity contribution >= 4 is 32.5 Å². The lowest BCUT2D eigenvalue weighted by atomic mass is 10.3. The Morgan fingerprint density at radius 1 is 1.41 bits per heavy atom. The topological polar surface area (TPSA) is 59.9 Å². The number of pyridine rings is 2. The van der Waals surface area contributed by atoms with Gasteiger partial charge in [0.05, 0.1) is 5.75 Å². The maximum absolute atomic E-state index is 12.0. The van der Waals surface area contributed by atoms with Gasteiger partial charge in [-0.15, -0.1) is 0 Å². The highest BCUT2D eigenvalue weighted by molar-refractivity contribution is 7.91. The molecule has 0 saturated carbocycles. The predicted molar refractivity (Wildman–Crippen MR) is 66.9 cm³/mol. The van der Waals surface area contributed by atoms with E-state index >= 15 is 0 Å². The Balaban J connectivity index is 2.67. The molecule has 2 heterocycles. The lowest BCUT2D eigenvalue weighted by Crippen LogP contribution is -2.07. The normalized spacial score (nSPS) is 11.9. The second-order valence-corrected chi connectivity index (χ2v) is 6.08. The van der Waals surface area contributed by atoms with Crippen molar-refractivity contribution in [3.63, 3.8) is 0 Å². The number of sulfone groups is 1. The van der Waals surface area contributed by atoms with Gasteiger partial charge in [-0.3, -0.25) is 0 Å². The van der Waals surface area contributed by atoms with Crippen molar-refractivity contribution in [2.75, 3.05) is 5.75 Å². The number of rotatable bonds is 3. The summed E-state index contributed by atoms with van der Waals surface area (Å²) in [5.41, 5.74) is 0.452. The molecule has 0 aliphatic rings. The molecule has 0 N–H and O–H groups in total. The summed E-state index contributed by atoms with van der Waals surface area (Å²) in [5, 5.41) is 0.663. The van der Waals surface area contributed by atoms with Gasteiger partial charge in [-0.25, -0.2) is 18.4 Å². The van der Waals surface area contributed by atoms with Gasteiger partial charge in [0.25, 0.3) is 0 Å². The molecule has 6 heteroatoms. The minimum atomic E-state index is -3.35. The van der Waals surface area contributed by atoms with Gasteiger partial charge in [0, 0.05) is 11.6 Å². The SMILES string of the molecule is CCCS(=O)(=O)c1cc2cccnc2nc1Cl. The highest BCUT2D eigenvalue weighted by atomic mass is 35.5. The van der Waals surface area contributed by atoms with Crippen molar-refractivity contribution in [2.24, 2.45) is 0 Å². The lowest BCUT2D eigenvalue weighted by molar-refractivity contribution is 0.594. The van der Waals surface area contributed by atoms with Crippen LogP contribution in [0.5, 0.6) is 0 Å². The molecule has 0 bridgehead atoms. The maximum Gasteiger partial charge on any atom is 0.181 e. The molecule has 0 radical (unpaired) electrons. The third-order valence-electron chi connectivity index (χ3n) is 2.32. The van der Waals surface area contributed by atoms with Crippen LogP contribution in [0.15, 0.2) is 29.3 Å². The lowest BCUT2D eigenvalue weighted by Gasteiger charge is -2.05. The summed E-state index contributed by atoms with van der Waals surface area (Å²) in [6.45, 7) is 1.81. The van der Waals surface area contributed by atoms with Gasteiger partial charge in [0.15, 0.2) is 15.5 Å². The molecule has 4 nitrogen and oxygen atoms in total. The van der Waals surface area contributed by atoms with Crippen molar-refractivity contribution in [1.82, 2.24) is 9.97 Å². The molecule has 2 aromatic heterocycles. The Morgan fingerprint density at radius 3 is 2.88 bits per heavy atom. The second-order valence-electron chi connectivity index (χ2n) is 3.65. The standard InChI is InChI=1S/C11H11ClN2O2S/c1-2-6-17(15,16)9-7-8-4-3-5-13-11(8)14-10(9)12/h3-5,7H,2,6H2,1H3. The molecule has 0 fully saturated rings. The molecule has 0 aromatic carbocycles. The first-order valence-corrected chi connectivity index (χ1v) is 7.21. The van der Waals surface area contributed by atoms with Crippen molar-refractivity contribution in [3.05, 3.63) is 29.5 Å². The zero-order valence-electron chi connectivity index (χ0n) is 9.22. The molecule has 0 aliphatic carbocycles. The Labute approximate surface area is 105 Å². The minimum Gasteiger partial charge on any atom is -0.237 e. The largest absolute Gasteiger partial charge is 0.237 e. The first-order chi connectivity index (χ1) is 8.04. The molecular weight excluding hydrogens is 260 g/mol. The Morgan fingerprint density at radius 2 is 2.18 bits per heavy atom. The number of hydrogen-bond acceptors (Lipinski definition) is 4. The van der Waals surface area contributed by atoms with Crippen LogP contribution in [-0.4, -0.2) is 24.1 Å². The van der Waals surface area contributed by atoms with E-state index in [9.17, 15) is 8.42 Å². The van der Waals surface area contributed by atoms with Crippen LogP contribution in [0.2, 0.25) is 5.15 Å². The summed E-state index contributed by atoms with van der Waals surface area (Å²) in [5.74, 6) is 0.0696. The minimum absolute atomic E-state index is 0.00958. The fraction of sp³-hybridized carbons (Fsp3) is 0.273. The number of fused-ring (bicyclic) bond motifs is 1. The molecule has 0 atom stereocenters. The molecule has 0 unspecified atom stereocenters. The third-order valence-corrected chi connectivity index (χ3v) is 4.65. The van der Waals surface area contributed by atoms with Gasteiger partial charge >= 0.3 is 0 Å². The van der Waals surface area contributed by atoms with E-state index in [4.69, 9.17) is 11.6 Å². The summed E-state index contributed by atoms with van der Waals surface area (Å²) in [4.78, 5) is 8.10. The Hall–Kier alpha value is -1.20. The predicted octanol–water partition coefficient (Wildman–Crippen LogP) is 2.47. The van der Waals surface area contributed by atoms with Crippen LogP contribution in [0, 0.1) is 0 Å². The van der Waals surface area contributed by atoms with Gasteiger partial charge in [-0.1, -0.05) is 18.5 Å². The fourth-order valence-electron chi connectivity index (χ4n) is 1.56. The average molecular weight is 271 g/mol. The number of hydrogen-bond donors (Lipinski definition) is 0. The highest BCUT2D eigenvalue weighted by Gasteiger charge is 2.19. The summed E-state index contributed by atoms with van der Waals surface area (Å²) >= 11 is 5.89. The summed E-state index contributed by atoms with van der Waals surface area (Å²) in [6, 6.07) is 5.02. The molecule has 0 aliphatic heterocycles. The summed E-state index contributed by atoms with van der Waals surface area (Å²) in [7, 11) is -3.35. The number of nitrogens with zero attached hydrogens (tertiary/aromatic N) is 2. The Kier molecular flexibility index (Phi) is 3.31.